The Morgan fingerprint density at radius 1 is 0.762 bits per heavy atom. The molecule has 0 radical (unpaired) electrons. The normalized spacial score (nSPS) is 14.0. The van der Waals surface area contributed by atoms with Crippen LogP contribution >= 0.6 is 11.6 Å². The van der Waals surface area contributed by atoms with E-state index in [1.54, 1.807) is 0 Å². The Labute approximate surface area is 133 Å². The zero-order chi connectivity index (χ0) is 15.9. The predicted octanol–water partition coefficient (Wildman–Crippen LogP) is 3.71. The summed E-state index contributed by atoms with van der Waals surface area (Å²) in [5.41, 5.74) is 0. The number of alkyl halides is 1. The minimum atomic E-state index is -0.736. The average Bonchev–Trinajstić information content (AvgIpc) is 2.45. The molecular weight excluding hydrogens is 292 g/mol. The second kappa shape index (κ2) is 14.6. The van der Waals surface area contributed by atoms with E-state index in [-0.39, 0.29) is 6.42 Å². The Bertz CT molecular complexity index is 248. The fourth-order valence-corrected chi connectivity index (χ4v) is 2.54. The fraction of sp³-hybridized carbons (Fsp3) is 0.938. The highest BCUT2D eigenvalue weighted by molar-refractivity contribution is 6.17. The maximum atomic E-state index is 10.3. The first-order valence-electron chi connectivity index (χ1n) is 8.21. The summed E-state index contributed by atoms with van der Waals surface area (Å²) in [6, 6.07) is 0. The van der Waals surface area contributed by atoms with Gasteiger partial charge >= 0.3 is 5.97 Å². The van der Waals surface area contributed by atoms with Crippen molar-refractivity contribution in [3.63, 3.8) is 0 Å². The van der Waals surface area contributed by atoms with E-state index in [1.165, 1.54) is 0 Å². The van der Waals surface area contributed by atoms with Gasteiger partial charge in [-0.1, -0.05) is 44.9 Å². The molecular formula is C16H31ClO4. The van der Waals surface area contributed by atoms with Crippen molar-refractivity contribution in [2.45, 2.75) is 89.3 Å². The van der Waals surface area contributed by atoms with Crippen molar-refractivity contribution in [3.8, 4) is 0 Å². The number of aliphatic hydroxyl groups is 2. The van der Waals surface area contributed by atoms with Crippen LogP contribution in [0.4, 0.5) is 0 Å². The molecule has 0 aliphatic rings. The third-order valence-electron chi connectivity index (χ3n) is 3.72. The Balaban J connectivity index is 3.38. The number of rotatable bonds is 15. The highest BCUT2D eigenvalue weighted by atomic mass is 35.5. The van der Waals surface area contributed by atoms with Crippen molar-refractivity contribution in [2.75, 3.05) is 5.88 Å². The van der Waals surface area contributed by atoms with Gasteiger partial charge in [-0.05, 0) is 25.7 Å². The molecule has 2 atom stereocenters. The van der Waals surface area contributed by atoms with E-state index in [2.05, 4.69) is 0 Å². The summed E-state index contributed by atoms with van der Waals surface area (Å²) in [6.45, 7) is 0. The topological polar surface area (TPSA) is 77.8 Å². The molecule has 0 aromatic carbocycles. The first-order valence-corrected chi connectivity index (χ1v) is 8.75. The highest BCUT2D eigenvalue weighted by Gasteiger charge is 2.15. The van der Waals surface area contributed by atoms with Crippen LogP contribution in [-0.2, 0) is 4.79 Å². The first kappa shape index (κ1) is 20.7. The van der Waals surface area contributed by atoms with Gasteiger partial charge in [0.25, 0.3) is 0 Å². The molecule has 0 aromatic rings. The average molecular weight is 323 g/mol. The van der Waals surface area contributed by atoms with Gasteiger partial charge in [-0.3, -0.25) is 4.79 Å². The SMILES string of the molecule is O=C(O)CCCCCCC[C@H](O)[C@@H](O)CCCCCCCl. The van der Waals surface area contributed by atoms with E-state index < -0.39 is 18.2 Å². The van der Waals surface area contributed by atoms with Crippen LogP contribution in [0.5, 0.6) is 0 Å². The lowest BCUT2D eigenvalue weighted by Gasteiger charge is -2.17. The number of halogens is 1. The molecule has 0 aliphatic heterocycles. The van der Waals surface area contributed by atoms with Gasteiger partial charge in [0.1, 0.15) is 0 Å². The van der Waals surface area contributed by atoms with Crippen molar-refractivity contribution < 1.29 is 20.1 Å². The number of aliphatic carboxylic acids is 1. The lowest BCUT2D eigenvalue weighted by molar-refractivity contribution is -0.137. The second-order valence-electron chi connectivity index (χ2n) is 5.73. The third-order valence-corrected chi connectivity index (χ3v) is 3.99. The van der Waals surface area contributed by atoms with Gasteiger partial charge in [0.2, 0.25) is 0 Å². The van der Waals surface area contributed by atoms with Gasteiger partial charge in [0.05, 0.1) is 12.2 Å². The van der Waals surface area contributed by atoms with Crippen LogP contribution in [-0.4, -0.2) is 39.4 Å². The van der Waals surface area contributed by atoms with Crippen LogP contribution in [0.1, 0.15) is 77.0 Å². The summed E-state index contributed by atoms with van der Waals surface area (Å²) >= 11 is 5.59. The molecule has 5 heteroatoms. The number of carboxylic acid groups (broad SMARTS) is 1. The molecule has 0 saturated heterocycles. The lowest BCUT2D eigenvalue weighted by atomic mass is 10.00. The van der Waals surface area contributed by atoms with Crippen LogP contribution < -0.4 is 0 Å². The number of aliphatic hydroxyl groups excluding tert-OH is 2. The highest BCUT2D eigenvalue weighted by Crippen LogP contribution is 2.14. The van der Waals surface area contributed by atoms with Crippen LogP contribution in [0.3, 0.4) is 0 Å². The monoisotopic (exact) mass is 322 g/mol. The van der Waals surface area contributed by atoms with Crippen molar-refractivity contribution in [1.82, 2.24) is 0 Å². The fourth-order valence-electron chi connectivity index (χ4n) is 2.35. The molecule has 3 N–H and O–H groups in total. The molecule has 0 rings (SSSR count). The van der Waals surface area contributed by atoms with Crippen LogP contribution in [0.2, 0.25) is 0 Å². The molecule has 0 heterocycles. The second-order valence-corrected chi connectivity index (χ2v) is 6.10. The van der Waals surface area contributed by atoms with Crippen molar-refractivity contribution in [1.29, 1.82) is 0 Å². The maximum Gasteiger partial charge on any atom is 0.303 e. The van der Waals surface area contributed by atoms with E-state index in [4.69, 9.17) is 16.7 Å². The van der Waals surface area contributed by atoms with Gasteiger partial charge in [-0.25, -0.2) is 0 Å². The number of unbranched alkanes of at least 4 members (excludes halogenated alkanes) is 7. The van der Waals surface area contributed by atoms with E-state index in [0.29, 0.717) is 18.7 Å². The Hall–Kier alpha value is -0.320. The molecule has 4 nitrogen and oxygen atoms in total. The third kappa shape index (κ3) is 14.4. The molecule has 0 spiro atoms. The summed E-state index contributed by atoms with van der Waals surface area (Å²) in [4.78, 5) is 10.3. The smallest absolute Gasteiger partial charge is 0.303 e. The molecule has 126 valence electrons. The summed E-state index contributed by atoms with van der Waals surface area (Å²) in [5, 5.41) is 28.2. The summed E-state index contributed by atoms with van der Waals surface area (Å²) in [5.74, 6) is -0.0444. The van der Waals surface area contributed by atoms with Crippen LogP contribution in [0.25, 0.3) is 0 Å². The Kier molecular flexibility index (Phi) is 14.4. The molecule has 21 heavy (non-hydrogen) atoms. The lowest BCUT2D eigenvalue weighted by Crippen LogP contribution is -2.25. The number of carbonyl (C=O) groups is 1. The first-order chi connectivity index (χ1) is 10.1. The minimum Gasteiger partial charge on any atom is -0.481 e. The number of hydrogen-bond donors (Lipinski definition) is 3. The van der Waals surface area contributed by atoms with E-state index in [9.17, 15) is 15.0 Å². The van der Waals surface area contributed by atoms with Gasteiger partial charge in [0.15, 0.2) is 0 Å². The van der Waals surface area contributed by atoms with Gasteiger partial charge in [-0.15, -0.1) is 11.6 Å². The Morgan fingerprint density at radius 3 is 1.67 bits per heavy atom. The van der Waals surface area contributed by atoms with E-state index in [1.807, 2.05) is 0 Å². The van der Waals surface area contributed by atoms with Crippen molar-refractivity contribution in [2.24, 2.45) is 0 Å². The van der Waals surface area contributed by atoms with Crippen LogP contribution in [0, 0.1) is 0 Å². The maximum absolute atomic E-state index is 10.3. The molecule has 0 unspecified atom stereocenters. The Morgan fingerprint density at radius 2 is 1.19 bits per heavy atom. The summed E-state index contributed by atoms with van der Waals surface area (Å²) < 4.78 is 0. The molecule has 0 aliphatic carbocycles. The van der Waals surface area contributed by atoms with Crippen molar-refractivity contribution >= 4 is 17.6 Å². The number of carboxylic acids is 1. The van der Waals surface area contributed by atoms with E-state index in [0.717, 1.165) is 57.8 Å². The quantitative estimate of drug-likeness (QED) is 0.317. The van der Waals surface area contributed by atoms with Crippen LogP contribution in [0.15, 0.2) is 0 Å². The standard InChI is InChI=1S/C16H31ClO4/c17-13-9-5-4-7-11-15(19)14(18)10-6-2-1-3-8-12-16(20)21/h14-15,18-19H,1-13H2,(H,20,21)/t14-,15-/m0/s1. The molecule has 0 saturated carbocycles. The number of hydrogen-bond acceptors (Lipinski definition) is 3. The molecule has 0 amide bonds. The zero-order valence-corrected chi connectivity index (χ0v) is 13.7. The van der Waals surface area contributed by atoms with E-state index >= 15 is 0 Å². The largest absolute Gasteiger partial charge is 0.481 e. The minimum absolute atomic E-state index is 0.241. The molecule has 0 bridgehead atoms. The van der Waals surface area contributed by atoms with Crippen molar-refractivity contribution in [3.05, 3.63) is 0 Å². The molecule has 0 aromatic heterocycles. The molecule has 0 fully saturated rings. The predicted molar refractivity (Wildman–Crippen MR) is 85.8 cm³/mol. The van der Waals surface area contributed by atoms with Gasteiger partial charge in [-0.2, -0.15) is 0 Å². The zero-order valence-electron chi connectivity index (χ0n) is 13.0. The summed E-state index contributed by atoms with van der Waals surface area (Å²) in [7, 11) is 0. The van der Waals surface area contributed by atoms with Gasteiger partial charge in [0, 0.05) is 12.3 Å². The van der Waals surface area contributed by atoms with Gasteiger partial charge < -0.3 is 15.3 Å². The summed E-state index contributed by atoms with van der Waals surface area (Å²) in [6.07, 6.45) is 8.88.